The normalized spacial score (nSPS) is 12.2. The molecule has 0 fully saturated rings. The van der Waals surface area contributed by atoms with Crippen LogP contribution in [-0.2, 0) is 0 Å². The number of rotatable bonds is 3. The van der Waals surface area contributed by atoms with Crippen LogP contribution < -0.4 is 0 Å². The van der Waals surface area contributed by atoms with Crippen molar-refractivity contribution in [2.75, 3.05) is 0 Å². The zero-order valence-electron chi connectivity index (χ0n) is 33.6. The lowest BCUT2D eigenvalue weighted by Gasteiger charge is -2.18. The standard InChI is InChI=1S/C60H35NS/c1-2-14-37-33-41(30-29-36(37)13-1)57-47-21-7-5-19-45(47)56(46-20-6-8-22-48(46)57)40-16-9-15-38(34-40)39-31-32-52-51(35-39)50-25-10-24-49-43-18-4-3-17-42(43)44-23-11-27-54-58(44)59-53(61(52)60(49)50)26-12-28-55(59)62-54/h1-35H. The van der Waals surface area contributed by atoms with Gasteiger partial charge in [0, 0.05) is 36.3 Å². The van der Waals surface area contributed by atoms with Crippen molar-refractivity contribution in [3.05, 3.63) is 212 Å². The fourth-order valence-electron chi connectivity index (χ4n) is 10.9. The molecule has 0 bridgehead atoms. The molecule has 11 aromatic carbocycles. The van der Waals surface area contributed by atoms with Crippen LogP contribution >= 0.6 is 11.3 Å². The zero-order valence-corrected chi connectivity index (χ0v) is 34.4. The molecule has 0 atom stereocenters. The first-order valence-corrected chi connectivity index (χ1v) is 22.2. The summed E-state index contributed by atoms with van der Waals surface area (Å²) in [4.78, 5) is 0. The summed E-state index contributed by atoms with van der Waals surface area (Å²) in [7, 11) is 0. The molecule has 0 N–H and O–H groups in total. The Morgan fingerprint density at radius 1 is 0.274 bits per heavy atom. The van der Waals surface area contributed by atoms with Crippen LogP contribution in [0.15, 0.2) is 212 Å². The number of hydrogen-bond donors (Lipinski definition) is 0. The number of aromatic nitrogens is 1. The van der Waals surface area contributed by atoms with Gasteiger partial charge in [0.25, 0.3) is 0 Å². The predicted molar refractivity (Wildman–Crippen MR) is 269 cm³/mol. The van der Waals surface area contributed by atoms with Gasteiger partial charge in [-0.1, -0.05) is 170 Å². The van der Waals surface area contributed by atoms with Crippen LogP contribution in [0.25, 0.3) is 135 Å². The predicted octanol–water partition coefficient (Wildman–Crippen LogP) is 17.4. The van der Waals surface area contributed by atoms with E-state index in [1.54, 1.807) is 0 Å². The lowest BCUT2D eigenvalue weighted by molar-refractivity contribution is 1.36. The monoisotopic (exact) mass is 801 g/mol. The molecule has 1 nitrogen and oxygen atoms in total. The van der Waals surface area contributed by atoms with Crippen molar-refractivity contribution in [1.82, 2.24) is 4.40 Å². The average Bonchev–Trinajstić information content (AvgIpc) is 3.90. The van der Waals surface area contributed by atoms with Crippen LogP contribution in [0, 0.1) is 0 Å². The molecule has 0 radical (unpaired) electrons. The van der Waals surface area contributed by atoms with E-state index >= 15 is 0 Å². The number of para-hydroxylation sites is 1. The molecular formula is C60H35NS. The SMILES string of the molecule is c1cc(-c2ccc3c(c2)c2cccc4c5ccccc5c5cccc6sc7cccc(c7c65)n3c42)cc(-c2c3ccccc3c(-c3ccc4ccccc4c3)c3ccccc23)c1. The number of nitrogens with zero attached hydrogens (tertiary/aromatic N) is 1. The summed E-state index contributed by atoms with van der Waals surface area (Å²) >= 11 is 1.90. The molecular weight excluding hydrogens is 767 g/mol. The topological polar surface area (TPSA) is 4.41 Å². The highest BCUT2D eigenvalue weighted by molar-refractivity contribution is 7.26. The number of hydrogen-bond acceptors (Lipinski definition) is 1. The molecule has 0 unspecified atom stereocenters. The van der Waals surface area contributed by atoms with Gasteiger partial charge in [-0.15, -0.1) is 11.3 Å². The van der Waals surface area contributed by atoms with Crippen molar-refractivity contribution >= 4 is 113 Å². The summed E-state index contributed by atoms with van der Waals surface area (Å²) < 4.78 is 5.20. The summed E-state index contributed by atoms with van der Waals surface area (Å²) in [6.45, 7) is 0. The van der Waals surface area contributed by atoms with E-state index in [4.69, 9.17) is 0 Å². The van der Waals surface area contributed by atoms with Crippen LogP contribution in [0.3, 0.4) is 0 Å². The quantitative estimate of drug-likeness (QED) is 0.157. The number of fused-ring (bicyclic) bond motifs is 10. The van der Waals surface area contributed by atoms with Gasteiger partial charge in [-0.2, -0.15) is 0 Å². The lowest BCUT2D eigenvalue weighted by atomic mass is 9.85. The van der Waals surface area contributed by atoms with Gasteiger partial charge >= 0.3 is 0 Å². The molecule has 14 rings (SSSR count). The Labute approximate surface area is 360 Å². The van der Waals surface area contributed by atoms with Gasteiger partial charge in [0.1, 0.15) is 0 Å². The minimum absolute atomic E-state index is 1.20. The third-order valence-electron chi connectivity index (χ3n) is 13.5. The Bertz CT molecular complexity index is 4160. The molecule has 62 heavy (non-hydrogen) atoms. The van der Waals surface area contributed by atoms with Crippen LogP contribution in [0.5, 0.6) is 0 Å². The van der Waals surface area contributed by atoms with Crippen molar-refractivity contribution in [2.24, 2.45) is 0 Å². The van der Waals surface area contributed by atoms with Gasteiger partial charge in [-0.3, -0.25) is 0 Å². The second-order valence-corrected chi connectivity index (χ2v) is 17.8. The molecule has 0 saturated heterocycles. The molecule has 0 aliphatic rings. The smallest absolute Gasteiger partial charge is 0.0619 e. The molecule has 3 heterocycles. The summed E-state index contributed by atoms with van der Waals surface area (Å²) in [6.07, 6.45) is 0. The summed E-state index contributed by atoms with van der Waals surface area (Å²) in [5.74, 6) is 0. The van der Waals surface area contributed by atoms with E-state index in [0.717, 1.165) is 0 Å². The highest BCUT2D eigenvalue weighted by Crippen LogP contribution is 2.47. The minimum atomic E-state index is 1.20. The third-order valence-corrected chi connectivity index (χ3v) is 14.6. The zero-order chi connectivity index (χ0) is 40.5. The number of thiophene rings is 1. The van der Waals surface area contributed by atoms with Crippen molar-refractivity contribution in [3.63, 3.8) is 0 Å². The van der Waals surface area contributed by atoms with Crippen LogP contribution in [0.4, 0.5) is 0 Å². The molecule has 0 saturated carbocycles. The molecule has 2 heteroatoms. The van der Waals surface area contributed by atoms with E-state index in [-0.39, 0.29) is 0 Å². The first-order valence-electron chi connectivity index (χ1n) is 21.4. The molecule has 3 aromatic heterocycles. The van der Waals surface area contributed by atoms with Gasteiger partial charge in [0.15, 0.2) is 0 Å². The van der Waals surface area contributed by atoms with Gasteiger partial charge in [0.05, 0.1) is 16.6 Å². The highest BCUT2D eigenvalue weighted by atomic mass is 32.1. The Kier molecular flexibility index (Phi) is 7.05. The fourth-order valence-corrected chi connectivity index (χ4v) is 12.0. The molecule has 0 aliphatic carbocycles. The van der Waals surface area contributed by atoms with Crippen LogP contribution in [0.1, 0.15) is 0 Å². The second kappa shape index (κ2) is 12.9. The van der Waals surface area contributed by atoms with E-state index in [9.17, 15) is 0 Å². The Hall–Kier alpha value is -7.78. The Balaban J connectivity index is 1.03. The molecule has 0 spiro atoms. The second-order valence-electron chi connectivity index (χ2n) is 16.7. The average molecular weight is 802 g/mol. The Morgan fingerprint density at radius 3 is 1.52 bits per heavy atom. The highest BCUT2D eigenvalue weighted by Gasteiger charge is 2.20. The molecule has 0 aliphatic heterocycles. The number of benzene rings is 11. The lowest BCUT2D eigenvalue weighted by Crippen LogP contribution is -1.91. The van der Waals surface area contributed by atoms with E-state index in [0.29, 0.717) is 0 Å². The van der Waals surface area contributed by atoms with E-state index < -0.39 is 0 Å². The van der Waals surface area contributed by atoms with Gasteiger partial charge in [0.2, 0.25) is 0 Å². The fraction of sp³-hybridized carbons (Fsp3) is 0. The van der Waals surface area contributed by atoms with Crippen molar-refractivity contribution in [1.29, 1.82) is 0 Å². The molecule has 14 aromatic rings. The van der Waals surface area contributed by atoms with Crippen molar-refractivity contribution in [3.8, 4) is 33.4 Å². The van der Waals surface area contributed by atoms with E-state index in [2.05, 4.69) is 217 Å². The summed E-state index contributed by atoms with van der Waals surface area (Å²) in [6, 6.07) is 79.4. The van der Waals surface area contributed by atoms with E-state index in [1.807, 2.05) is 11.3 Å². The maximum atomic E-state index is 2.56. The van der Waals surface area contributed by atoms with Crippen molar-refractivity contribution < 1.29 is 0 Å². The minimum Gasteiger partial charge on any atom is -0.308 e. The first-order chi connectivity index (χ1) is 30.8. The molecule has 0 amide bonds. The van der Waals surface area contributed by atoms with Crippen molar-refractivity contribution in [2.45, 2.75) is 0 Å². The first kappa shape index (κ1) is 34.0. The third kappa shape index (κ3) is 4.73. The summed E-state index contributed by atoms with van der Waals surface area (Å²) in [5, 5.41) is 17.9. The maximum Gasteiger partial charge on any atom is 0.0619 e. The Morgan fingerprint density at radius 2 is 0.774 bits per heavy atom. The maximum absolute atomic E-state index is 2.56. The summed E-state index contributed by atoms with van der Waals surface area (Å²) in [5.41, 5.74) is 11.1. The van der Waals surface area contributed by atoms with Gasteiger partial charge in [-0.05, 0) is 124 Å². The van der Waals surface area contributed by atoms with Gasteiger partial charge in [-0.25, -0.2) is 0 Å². The van der Waals surface area contributed by atoms with Crippen LogP contribution in [0.2, 0.25) is 0 Å². The molecule has 286 valence electrons. The largest absolute Gasteiger partial charge is 0.308 e. The van der Waals surface area contributed by atoms with Gasteiger partial charge < -0.3 is 4.40 Å². The van der Waals surface area contributed by atoms with Crippen LogP contribution in [-0.4, -0.2) is 4.40 Å². The van der Waals surface area contributed by atoms with E-state index in [1.165, 1.54) is 135 Å².